The van der Waals surface area contributed by atoms with Crippen molar-refractivity contribution in [3.8, 4) is 5.75 Å². The van der Waals surface area contributed by atoms with E-state index in [1.54, 1.807) is 24.3 Å². The molecule has 1 amide bonds. The van der Waals surface area contributed by atoms with Crippen molar-refractivity contribution in [1.29, 1.82) is 0 Å². The van der Waals surface area contributed by atoms with E-state index in [2.05, 4.69) is 10.0 Å². The van der Waals surface area contributed by atoms with Gasteiger partial charge in [0.25, 0.3) is 15.9 Å². The Bertz CT molecular complexity index is 1140. The molecule has 0 aromatic heterocycles. The summed E-state index contributed by atoms with van der Waals surface area (Å²) in [4.78, 5) is 12.5. The van der Waals surface area contributed by atoms with Crippen LogP contribution in [0.5, 0.6) is 5.75 Å². The molecule has 8 heteroatoms. The van der Waals surface area contributed by atoms with E-state index in [9.17, 15) is 13.2 Å². The van der Waals surface area contributed by atoms with Gasteiger partial charge in [0.1, 0.15) is 5.75 Å². The van der Waals surface area contributed by atoms with Gasteiger partial charge in [0.05, 0.1) is 18.1 Å². The zero-order valence-electron chi connectivity index (χ0n) is 18.7. The van der Waals surface area contributed by atoms with Crippen molar-refractivity contribution < 1.29 is 22.7 Å². The van der Waals surface area contributed by atoms with Crippen LogP contribution in [0.3, 0.4) is 0 Å². The monoisotopic (exact) mass is 468 g/mol. The second kappa shape index (κ2) is 11.5. The van der Waals surface area contributed by atoms with Crippen LogP contribution in [0.25, 0.3) is 0 Å². The highest BCUT2D eigenvalue weighted by molar-refractivity contribution is 7.92. The van der Waals surface area contributed by atoms with Crippen LogP contribution in [-0.4, -0.2) is 27.5 Å². The first-order chi connectivity index (χ1) is 15.9. The van der Waals surface area contributed by atoms with Crippen molar-refractivity contribution >= 4 is 21.6 Å². The van der Waals surface area contributed by atoms with Crippen LogP contribution in [0.1, 0.15) is 35.3 Å². The highest BCUT2D eigenvalue weighted by atomic mass is 32.2. The van der Waals surface area contributed by atoms with Crippen LogP contribution in [0, 0.1) is 0 Å². The van der Waals surface area contributed by atoms with Crippen LogP contribution >= 0.6 is 0 Å². The number of ether oxygens (including phenoxy) is 2. The molecular formula is C25H28N2O5S. The van der Waals surface area contributed by atoms with E-state index in [1.807, 2.05) is 38.1 Å². The van der Waals surface area contributed by atoms with Gasteiger partial charge in [-0.15, -0.1) is 0 Å². The summed E-state index contributed by atoms with van der Waals surface area (Å²) in [5, 5.41) is 2.84. The molecule has 0 spiro atoms. The molecule has 0 aliphatic heterocycles. The van der Waals surface area contributed by atoms with Gasteiger partial charge < -0.3 is 14.8 Å². The van der Waals surface area contributed by atoms with Crippen LogP contribution in [-0.2, 0) is 27.9 Å². The summed E-state index contributed by atoms with van der Waals surface area (Å²) in [6, 6.07) is 20.3. The molecule has 0 heterocycles. The quantitative estimate of drug-likeness (QED) is 0.436. The molecule has 33 heavy (non-hydrogen) atoms. The number of carbonyl (C=O) groups excluding carboxylic acids is 1. The molecule has 0 radical (unpaired) electrons. The molecule has 0 bridgehead atoms. The maximum atomic E-state index is 12.6. The van der Waals surface area contributed by atoms with Crippen LogP contribution in [0.4, 0.5) is 5.69 Å². The van der Waals surface area contributed by atoms with Gasteiger partial charge in [-0.25, -0.2) is 8.42 Å². The first-order valence-electron chi connectivity index (χ1n) is 10.7. The molecular weight excluding hydrogens is 440 g/mol. The molecule has 0 unspecified atom stereocenters. The number of nitrogens with one attached hydrogen (secondary N) is 2. The first-order valence-corrected chi connectivity index (χ1v) is 12.2. The highest BCUT2D eigenvalue weighted by Gasteiger charge is 2.15. The van der Waals surface area contributed by atoms with Crippen molar-refractivity contribution in [2.45, 2.75) is 31.9 Å². The molecule has 0 saturated heterocycles. The molecule has 0 aliphatic carbocycles. The average Bonchev–Trinajstić information content (AvgIpc) is 2.83. The van der Waals surface area contributed by atoms with Gasteiger partial charge in [0.2, 0.25) is 0 Å². The van der Waals surface area contributed by atoms with Gasteiger partial charge in [-0.1, -0.05) is 24.3 Å². The summed E-state index contributed by atoms with van der Waals surface area (Å²) in [5.74, 6) is 0.383. The average molecular weight is 469 g/mol. The van der Waals surface area contributed by atoms with Gasteiger partial charge in [-0.05, 0) is 73.5 Å². The number of benzene rings is 3. The lowest BCUT2D eigenvalue weighted by Crippen LogP contribution is -2.23. The predicted octanol–water partition coefficient (Wildman–Crippen LogP) is 4.35. The summed E-state index contributed by atoms with van der Waals surface area (Å²) < 4.78 is 38.5. The van der Waals surface area contributed by atoms with Crippen molar-refractivity contribution in [3.63, 3.8) is 0 Å². The fraction of sp³-hybridized carbons (Fsp3) is 0.240. The zero-order chi connectivity index (χ0) is 23.7. The zero-order valence-corrected chi connectivity index (χ0v) is 19.5. The largest absolute Gasteiger partial charge is 0.494 e. The van der Waals surface area contributed by atoms with E-state index in [4.69, 9.17) is 9.47 Å². The summed E-state index contributed by atoms with van der Waals surface area (Å²) in [6.07, 6.45) is 0. The SMILES string of the molecule is CCOCc1ccc(CNC(=O)c2ccc(S(=O)(=O)Nc3ccc(OCC)cc3)cc2)cc1. The van der Waals surface area contributed by atoms with Gasteiger partial charge >= 0.3 is 0 Å². The van der Waals surface area contributed by atoms with Gasteiger partial charge in [0, 0.05) is 24.4 Å². The second-order valence-corrected chi connectivity index (χ2v) is 8.91. The Morgan fingerprint density at radius 1 is 0.818 bits per heavy atom. The third kappa shape index (κ3) is 7.06. The van der Waals surface area contributed by atoms with Gasteiger partial charge in [-0.3, -0.25) is 9.52 Å². The standard InChI is InChI=1S/C25H28N2O5S/c1-3-31-18-20-7-5-19(6-8-20)17-26-25(28)21-9-15-24(16-10-21)33(29,30)27-22-11-13-23(14-12-22)32-4-2/h5-16,27H,3-4,17-18H2,1-2H3,(H,26,28). The number of amides is 1. The van der Waals surface area contributed by atoms with E-state index >= 15 is 0 Å². The summed E-state index contributed by atoms with van der Waals surface area (Å²) in [6.45, 7) is 5.95. The van der Waals surface area contributed by atoms with Gasteiger partial charge in [0.15, 0.2) is 0 Å². The Balaban J connectivity index is 1.57. The highest BCUT2D eigenvalue weighted by Crippen LogP contribution is 2.20. The first kappa shape index (κ1) is 24.3. The number of hydrogen-bond donors (Lipinski definition) is 2. The molecule has 7 nitrogen and oxygen atoms in total. The Morgan fingerprint density at radius 3 is 2.06 bits per heavy atom. The predicted molar refractivity (Wildman–Crippen MR) is 128 cm³/mol. The molecule has 0 fully saturated rings. The lowest BCUT2D eigenvalue weighted by molar-refractivity contribution is 0.0950. The Labute approximate surface area is 194 Å². The molecule has 0 aliphatic rings. The Hall–Kier alpha value is -3.36. The van der Waals surface area contributed by atoms with E-state index in [0.29, 0.717) is 43.4 Å². The number of sulfonamides is 1. The maximum absolute atomic E-state index is 12.6. The van der Waals surface area contributed by atoms with Crippen LogP contribution in [0.2, 0.25) is 0 Å². The van der Waals surface area contributed by atoms with Crippen molar-refractivity contribution in [2.24, 2.45) is 0 Å². The second-order valence-electron chi connectivity index (χ2n) is 7.22. The summed E-state index contributed by atoms with van der Waals surface area (Å²) in [5.41, 5.74) is 2.83. The number of hydrogen-bond acceptors (Lipinski definition) is 5. The minimum atomic E-state index is -3.78. The molecule has 0 saturated carbocycles. The fourth-order valence-electron chi connectivity index (χ4n) is 3.04. The third-order valence-electron chi connectivity index (χ3n) is 4.79. The Kier molecular flexibility index (Phi) is 8.46. The topological polar surface area (TPSA) is 93.7 Å². The molecule has 3 rings (SSSR count). The van der Waals surface area contributed by atoms with E-state index in [0.717, 1.165) is 11.1 Å². The molecule has 0 atom stereocenters. The lowest BCUT2D eigenvalue weighted by Gasteiger charge is -2.10. The summed E-state index contributed by atoms with van der Waals surface area (Å²) >= 11 is 0. The Morgan fingerprint density at radius 2 is 1.45 bits per heavy atom. The summed E-state index contributed by atoms with van der Waals surface area (Å²) in [7, 11) is -3.78. The molecule has 2 N–H and O–H groups in total. The van der Waals surface area contributed by atoms with Crippen LogP contribution < -0.4 is 14.8 Å². The van der Waals surface area contributed by atoms with Gasteiger partial charge in [-0.2, -0.15) is 0 Å². The molecule has 3 aromatic rings. The molecule has 174 valence electrons. The van der Waals surface area contributed by atoms with Crippen molar-refractivity contribution in [3.05, 3.63) is 89.5 Å². The third-order valence-corrected chi connectivity index (χ3v) is 6.19. The maximum Gasteiger partial charge on any atom is 0.261 e. The number of carbonyl (C=O) groups is 1. The fourth-order valence-corrected chi connectivity index (χ4v) is 4.10. The van der Waals surface area contributed by atoms with E-state index < -0.39 is 10.0 Å². The molecule has 3 aromatic carbocycles. The lowest BCUT2D eigenvalue weighted by atomic mass is 10.1. The van der Waals surface area contributed by atoms with Crippen LogP contribution in [0.15, 0.2) is 77.7 Å². The normalized spacial score (nSPS) is 11.1. The van der Waals surface area contributed by atoms with E-state index in [-0.39, 0.29) is 10.8 Å². The smallest absolute Gasteiger partial charge is 0.261 e. The van der Waals surface area contributed by atoms with Crippen molar-refractivity contribution in [1.82, 2.24) is 5.32 Å². The number of anilines is 1. The minimum absolute atomic E-state index is 0.0674. The minimum Gasteiger partial charge on any atom is -0.494 e. The number of rotatable bonds is 11. The van der Waals surface area contributed by atoms with Crippen molar-refractivity contribution in [2.75, 3.05) is 17.9 Å². The van der Waals surface area contributed by atoms with E-state index in [1.165, 1.54) is 24.3 Å².